The molecule has 0 radical (unpaired) electrons. The third-order valence-corrected chi connectivity index (χ3v) is 6.60. The van der Waals surface area contributed by atoms with Crippen LogP contribution in [0.25, 0.3) is 16.0 Å². The van der Waals surface area contributed by atoms with Gasteiger partial charge in [-0.3, -0.25) is 18.6 Å². The largest absolute Gasteiger partial charge is 0.325 e. The lowest BCUT2D eigenvalue weighted by Gasteiger charge is -2.10. The number of hydrogen-bond acceptors (Lipinski definition) is 6. The summed E-state index contributed by atoms with van der Waals surface area (Å²) >= 11 is 2.73. The van der Waals surface area contributed by atoms with Crippen LogP contribution in [0.4, 0.5) is 5.69 Å². The molecule has 0 fully saturated rings. The number of anilines is 1. The maximum absolute atomic E-state index is 12.9. The second kappa shape index (κ2) is 8.61. The van der Waals surface area contributed by atoms with Crippen molar-refractivity contribution in [3.8, 4) is 0 Å². The fraction of sp³-hybridized carbons (Fsp3) is 0.333. The van der Waals surface area contributed by atoms with E-state index in [9.17, 15) is 9.59 Å². The number of amides is 1. The Labute approximate surface area is 182 Å². The standard InChI is InChI=1S/C21H23N5O2S2/c1-13(2)8-10-25-19(28)18-16(9-11-29-18)26-20(25)23-24-21(26)30-12-17(27)22-15-6-4-14(3)5-7-15/h4-7,9,11,13H,8,10,12H2,1-3H3,(H,22,27). The van der Waals surface area contributed by atoms with Crippen molar-refractivity contribution in [3.63, 3.8) is 0 Å². The first-order chi connectivity index (χ1) is 14.4. The van der Waals surface area contributed by atoms with Crippen molar-refractivity contribution in [2.75, 3.05) is 11.1 Å². The third-order valence-electron chi connectivity index (χ3n) is 4.78. The van der Waals surface area contributed by atoms with Crippen LogP contribution in [0.5, 0.6) is 0 Å². The molecule has 3 aromatic heterocycles. The number of aryl methyl sites for hydroxylation is 2. The molecule has 1 amide bonds. The zero-order valence-corrected chi connectivity index (χ0v) is 18.7. The minimum absolute atomic E-state index is 0.0331. The Bertz CT molecular complexity index is 1250. The SMILES string of the molecule is Cc1ccc(NC(=O)CSc2nnc3n(CCC(C)C)c(=O)c4sccc4n23)cc1. The zero-order valence-electron chi connectivity index (χ0n) is 17.1. The molecule has 156 valence electrons. The molecule has 9 heteroatoms. The molecule has 4 aromatic rings. The van der Waals surface area contributed by atoms with Crippen molar-refractivity contribution >= 4 is 50.7 Å². The molecule has 0 bridgehead atoms. The Morgan fingerprint density at radius 1 is 1.20 bits per heavy atom. The minimum Gasteiger partial charge on any atom is -0.325 e. The number of benzene rings is 1. The number of thioether (sulfide) groups is 1. The van der Waals surface area contributed by atoms with Crippen molar-refractivity contribution in [1.29, 1.82) is 0 Å². The van der Waals surface area contributed by atoms with Crippen LogP contribution in [0.15, 0.2) is 45.7 Å². The van der Waals surface area contributed by atoms with E-state index in [1.165, 1.54) is 23.1 Å². The van der Waals surface area contributed by atoms with E-state index in [2.05, 4.69) is 29.4 Å². The maximum Gasteiger partial charge on any atom is 0.272 e. The van der Waals surface area contributed by atoms with Crippen LogP contribution in [0, 0.1) is 12.8 Å². The highest BCUT2D eigenvalue weighted by Crippen LogP contribution is 2.25. The third kappa shape index (κ3) is 4.13. The van der Waals surface area contributed by atoms with E-state index in [1.807, 2.05) is 47.0 Å². The fourth-order valence-electron chi connectivity index (χ4n) is 3.15. The van der Waals surface area contributed by atoms with Crippen molar-refractivity contribution in [2.24, 2.45) is 5.92 Å². The molecule has 0 aliphatic heterocycles. The van der Waals surface area contributed by atoms with Gasteiger partial charge in [0.05, 0.1) is 11.3 Å². The normalized spacial score (nSPS) is 11.6. The van der Waals surface area contributed by atoms with Gasteiger partial charge in [0.1, 0.15) is 4.70 Å². The molecule has 0 spiro atoms. The van der Waals surface area contributed by atoms with Crippen molar-refractivity contribution in [3.05, 3.63) is 51.6 Å². The first kappa shape index (κ1) is 20.6. The lowest BCUT2D eigenvalue weighted by Crippen LogP contribution is -2.23. The van der Waals surface area contributed by atoms with E-state index in [-0.39, 0.29) is 17.2 Å². The van der Waals surface area contributed by atoms with E-state index < -0.39 is 0 Å². The summed E-state index contributed by atoms with van der Waals surface area (Å²) in [5, 5.41) is 14.0. The second-order valence-electron chi connectivity index (χ2n) is 7.60. The molecule has 0 saturated carbocycles. The highest BCUT2D eigenvalue weighted by molar-refractivity contribution is 7.99. The molecule has 0 atom stereocenters. The van der Waals surface area contributed by atoms with Gasteiger partial charge in [-0.1, -0.05) is 43.3 Å². The Hall–Kier alpha value is -2.65. The fourth-order valence-corrected chi connectivity index (χ4v) is 4.71. The van der Waals surface area contributed by atoms with Gasteiger partial charge in [-0.25, -0.2) is 0 Å². The number of fused-ring (bicyclic) bond motifs is 3. The van der Waals surface area contributed by atoms with Crippen LogP contribution in [-0.2, 0) is 11.3 Å². The molecule has 0 aliphatic carbocycles. The molecule has 3 heterocycles. The van der Waals surface area contributed by atoms with E-state index in [0.717, 1.165) is 23.2 Å². The number of hydrogen-bond donors (Lipinski definition) is 1. The topological polar surface area (TPSA) is 81.3 Å². The highest BCUT2D eigenvalue weighted by Gasteiger charge is 2.18. The Balaban J connectivity index is 1.61. The second-order valence-corrected chi connectivity index (χ2v) is 9.45. The van der Waals surface area contributed by atoms with Crippen LogP contribution < -0.4 is 10.9 Å². The molecule has 30 heavy (non-hydrogen) atoms. The summed E-state index contributed by atoms with van der Waals surface area (Å²) in [6.45, 7) is 6.85. The Kier molecular flexibility index (Phi) is 5.92. The monoisotopic (exact) mass is 441 g/mol. The lowest BCUT2D eigenvalue weighted by atomic mass is 10.1. The van der Waals surface area contributed by atoms with Crippen LogP contribution in [-0.4, -0.2) is 30.8 Å². The first-order valence-electron chi connectivity index (χ1n) is 9.78. The Morgan fingerprint density at radius 3 is 2.70 bits per heavy atom. The van der Waals surface area contributed by atoms with Crippen molar-refractivity contribution < 1.29 is 4.79 Å². The quantitative estimate of drug-likeness (QED) is 0.435. The molecular formula is C21H23N5O2S2. The smallest absolute Gasteiger partial charge is 0.272 e. The molecule has 1 N–H and O–H groups in total. The highest BCUT2D eigenvalue weighted by atomic mass is 32.2. The summed E-state index contributed by atoms with van der Waals surface area (Å²) in [5.74, 6) is 1.08. The number of thiophene rings is 1. The number of carbonyl (C=O) groups is 1. The summed E-state index contributed by atoms with van der Waals surface area (Å²) in [6, 6.07) is 9.58. The van der Waals surface area contributed by atoms with Crippen molar-refractivity contribution in [2.45, 2.75) is 38.9 Å². The van der Waals surface area contributed by atoms with Gasteiger partial charge >= 0.3 is 0 Å². The van der Waals surface area contributed by atoms with Crippen molar-refractivity contribution in [1.82, 2.24) is 19.2 Å². The van der Waals surface area contributed by atoms with Gasteiger partial charge in [0.2, 0.25) is 11.7 Å². The molecule has 7 nitrogen and oxygen atoms in total. The number of rotatable bonds is 7. The van der Waals surface area contributed by atoms with Gasteiger partial charge in [-0.2, -0.15) is 0 Å². The summed E-state index contributed by atoms with van der Waals surface area (Å²) in [7, 11) is 0. The summed E-state index contributed by atoms with van der Waals surface area (Å²) < 4.78 is 4.26. The summed E-state index contributed by atoms with van der Waals surface area (Å²) in [4.78, 5) is 25.3. The average molecular weight is 442 g/mol. The lowest BCUT2D eigenvalue weighted by molar-refractivity contribution is -0.113. The molecule has 0 saturated heterocycles. The Morgan fingerprint density at radius 2 is 1.97 bits per heavy atom. The van der Waals surface area contributed by atoms with Gasteiger partial charge in [-0.15, -0.1) is 21.5 Å². The number of carbonyl (C=O) groups excluding carboxylic acids is 1. The number of nitrogens with zero attached hydrogens (tertiary/aromatic N) is 4. The maximum atomic E-state index is 12.9. The molecule has 1 aromatic carbocycles. The van der Waals surface area contributed by atoms with Crippen LogP contribution >= 0.6 is 23.1 Å². The molecule has 0 unspecified atom stereocenters. The van der Waals surface area contributed by atoms with Gasteiger partial charge in [0, 0.05) is 12.2 Å². The summed E-state index contributed by atoms with van der Waals surface area (Å²) in [6.07, 6.45) is 0.876. The predicted octanol–water partition coefficient (Wildman–Crippen LogP) is 4.19. The number of nitrogens with one attached hydrogen (secondary N) is 1. The van der Waals surface area contributed by atoms with E-state index in [0.29, 0.717) is 28.1 Å². The molecule has 0 aliphatic rings. The van der Waals surface area contributed by atoms with E-state index in [1.54, 1.807) is 4.57 Å². The molecular weight excluding hydrogens is 418 g/mol. The minimum atomic E-state index is -0.115. The van der Waals surface area contributed by atoms with E-state index in [4.69, 9.17) is 0 Å². The van der Waals surface area contributed by atoms with Gasteiger partial charge in [0.25, 0.3) is 5.56 Å². The first-order valence-corrected chi connectivity index (χ1v) is 11.6. The average Bonchev–Trinajstić information content (AvgIpc) is 3.35. The number of aromatic nitrogens is 4. The van der Waals surface area contributed by atoms with Crippen LogP contribution in [0.1, 0.15) is 25.8 Å². The van der Waals surface area contributed by atoms with Gasteiger partial charge in [0.15, 0.2) is 5.16 Å². The van der Waals surface area contributed by atoms with Gasteiger partial charge in [-0.05, 0) is 42.8 Å². The summed E-state index contributed by atoms with van der Waals surface area (Å²) in [5.41, 5.74) is 2.65. The zero-order chi connectivity index (χ0) is 21.3. The van der Waals surface area contributed by atoms with E-state index >= 15 is 0 Å². The molecule has 4 rings (SSSR count). The van der Waals surface area contributed by atoms with Gasteiger partial charge < -0.3 is 5.32 Å². The van der Waals surface area contributed by atoms with Crippen LogP contribution in [0.2, 0.25) is 0 Å². The van der Waals surface area contributed by atoms with Crippen LogP contribution in [0.3, 0.4) is 0 Å². The predicted molar refractivity (Wildman–Crippen MR) is 123 cm³/mol.